The third-order valence-corrected chi connectivity index (χ3v) is 23.9. The van der Waals surface area contributed by atoms with Gasteiger partial charge >= 0.3 is 56.2 Å². The van der Waals surface area contributed by atoms with Crippen molar-refractivity contribution in [3.05, 3.63) is 184 Å². The van der Waals surface area contributed by atoms with Crippen LogP contribution in [0.25, 0.3) is 0 Å². The van der Waals surface area contributed by atoms with E-state index in [-0.39, 0.29) is 46.6 Å². The van der Waals surface area contributed by atoms with E-state index < -0.39 is 265 Å². The second-order valence-corrected chi connectivity index (χ2v) is 34.1. The van der Waals surface area contributed by atoms with Gasteiger partial charge in [0, 0.05) is 128 Å². The predicted molar refractivity (Wildman–Crippen MR) is 381 cm³/mol. The van der Waals surface area contributed by atoms with Crippen molar-refractivity contribution in [1.82, 2.24) is 42.4 Å². The van der Waals surface area contributed by atoms with E-state index in [1.807, 2.05) is 0 Å². The number of H-pyrrole nitrogens is 3. The first-order valence-corrected chi connectivity index (χ1v) is 41.9. The van der Waals surface area contributed by atoms with Gasteiger partial charge in [-0.1, -0.05) is 0 Å². The van der Waals surface area contributed by atoms with Crippen molar-refractivity contribution in [3.8, 4) is 0 Å². The molecule has 6 fully saturated rings. The molecule has 6 aromatic rings. The number of pyridine rings is 3. The molecule has 6 saturated heterocycles. The lowest BCUT2D eigenvalue weighted by molar-refractivity contribution is -0.0657. The molecular weight excluding hydrogens is 1640 g/mol. The Balaban J connectivity index is 0.734. The molecule has 626 valence electrons. The molecule has 49 nitrogen and oxygen atoms in total. The van der Waals surface area contributed by atoms with Crippen molar-refractivity contribution < 1.29 is 131 Å². The van der Waals surface area contributed by atoms with Crippen LogP contribution in [0.2, 0.25) is 0 Å². The smallest absolute Gasteiger partial charge is 0.399 e. The minimum absolute atomic E-state index is 0.00984. The fraction of sp³-hybridized carbons (Fsp3) is 0.550. The molecule has 6 aromatic heterocycles. The third kappa shape index (κ3) is 20.7. The summed E-state index contributed by atoms with van der Waals surface area (Å²) in [5.41, 5.74) is 9.77. The first-order chi connectivity index (χ1) is 53.6. The van der Waals surface area contributed by atoms with Gasteiger partial charge in [0.05, 0.1) is 45.7 Å². The summed E-state index contributed by atoms with van der Waals surface area (Å²) in [4.78, 5) is 178. The maximum Gasteiger partial charge on any atom is 0.472 e. The zero-order chi connectivity index (χ0) is 82.4. The largest absolute Gasteiger partial charge is 0.472 e. The maximum absolute atomic E-state index is 14.3. The van der Waals surface area contributed by atoms with Gasteiger partial charge in [0.2, 0.25) is 0 Å². The van der Waals surface area contributed by atoms with Crippen molar-refractivity contribution in [2.45, 2.75) is 170 Å². The topological polar surface area (TPSA) is 683 Å². The molecule has 5 unspecified atom stereocenters. The van der Waals surface area contributed by atoms with Crippen LogP contribution in [0.4, 0.5) is 17.1 Å². The Labute approximate surface area is 638 Å². The number of rotatable bonds is 32. The van der Waals surface area contributed by atoms with E-state index in [1.54, 1.807) is 0 Å². The number of hydrogen-bond donors (Lipinski definition) is 13. The van der Waals surface area contributed by atoms with Crippen molar-refractivity contribution in [2.75, 3.05) is 56.8 Å². The van der Waals surface area contributed by atoms with Crippen LogP contribution in [-0.4, -0.2) is 190 Å². The van der Waals surface area contributed by atoms with E-state index in [1.165, 1.54) is 57.6 Å². The number of aryl methyl sites for hydroxylation is 3. The van der Waals surface area contributed by atoms with Gasteiger partial charge in [0.25, 0.3) is 33.4 Å². The second kappa shape index (κ2) is 34.6. The molecule has 16 N–H and O–H groups in total. The number of aliphatic hydroxyl groups excluding tert-OH is 2. The van der Waals surface area contributed by atoms with Gasteiger partial charge in [0.1, 0.15) is 105 Å². The number of ether oxygens (including phenoxy) is 6. The van der Waals surface area contributed by atoms with Crippen molar-refractivity contribution in [3.63, 3.8) is 0 Å². The highest BCUT2D eigenvalue weighted by molar-refractivity contribution is 7.48. The lowest BCUT2D eigenvalue weighted by Crippen LogP contribution is -2.33. The normalized spacial score (nSPS) is 30.4. The Morgan fingerprint density at radius 3 is 0.868 bits per heavy atom. The number of phosphoric ester groups is 5. The number of nitrogens with two attached hydrogens (primary N) is 3. The summed E-state index contributed by atoms with van der Waals surface area (Å²) in [6, 6.07) is 7.28. The Hall–Kier alpha value is -7.48. The Morgan fingerprint density at radius 1 is 0.377 bits per heavy atom. The third-order valence-electron chi connectivity index (χ3n) is 18.9. The Morgan fingerprint density at radius 2 is 0.605 bits per heavy atom. The Bertz CT molecular complexity index is 5400. The van der Waals surface area contributed by atoms with Gasteiger partial charge in [0.15, 0.2) is 0 Å². The van der Waals surface area contributed by atoms with Gasteiger partial charge in [-0.2, -0.15) is 0 Å². The van der Waals surface area contributed by atoms with Crippen LogP contribution in [0.3, 0.4) is 0 Å². The molecule has 0 aromatic carbocycles. The molecule has 54 heteroatoms. The SMILES string of the molecule is Cc1cn([C@H]2C[C@H](OP(=O)(O)OC[C@H]3O[C@@H](n4cc(C)c(=O)[nH]c4=O)C[C@@H]3OP(=O)(O)OC[C@H]3O[C@@H](n4cc(C)c(=O)[nH]c4=O)C[C@@H]3OP(=O)(O)OC[C@H]3O[C@@H](n4ccc(N)cc4=O)C[C@@H]3O)[C@@H](COP(=O)(O)O[C@H]3C[C@H](n4ccc(N)cc4=O)O[C@@H]3COP(=O)(O)O[C@H]3C[C@H](n4ccc(N)cc4=O)O[C@@H]3CO)O2)c(=O)[nH]c1=O. The van der Waals surface area contributed by atoms with Crippen LogP contribution in [0.1, 0.15) is 92.6 Å². The molecule has 0 bridgehead atoms. The average molecular weight is 1720 g/mol. The standard InChI is InChI=1S/C60H79N12O37P5/c1-28-19-70(58(81)64-55(28)78)52-16-37(107-110(84,85)94-23-41-34(74)13-49(100-41)67-7-4-31(61)10-46(67)75)43(102-52)25-97-113(90,91)109-39-18-54(72-21-30(3)57(80)66-60(72)83)104-45(39)27-98-114(92,93)108-38-17-53(71-20-29(2)56(79)65-59(71)82)103-44(38)26-96-112(88,89)106-36-15-51(69-9-6-33(63)12-48(69)77)101-42(36)24-95-111(86,87)105-35-14-50(99-40(35)22-73)68-8-5-32(62)11-47(68)76/h4-12,19-21,34-45,49-54,73-74H,13-18,22-27,61-63H2,1-3H3,(H,84,85)(H,86,87)(H,88,89)(H,90,91)(H,92,93)(H,64,78,81)(H,65,79,82)(H,66,80,83)/t34-,35-,36-,37-,38-,39-,40+,41+,42+,43+,44+,45+,49+,50+,51+,52+,53+,54+/m0/s1. The highest BCUT2D eigenvalue weighted by atomic mass is 31.2. The number of phosphoric acid groups is 5. The molecule has 12 rings (SSSR count). The maximum atomic E-state index is 14.3. The van der Waals surface area contributed by atoms with Gasteiger partial charge in [-0.15, -0.1) is 0 Å². The Kier molecular flexibility index (Phi) is 26.1. The molecule has 6 aliphatic rings. The number of aromatic nitrogens is 9. The predicted octanol–water partition coefficient (Wildman–Crippen LogP) is -1.52. The van der Waals surface area contributed by atoms with E-state index >= 15 is 0 Å². The van der Waals surface area contributed by atoms with Crippen LogP contribution in [0.15, 0.2) is 117 Å². The second-order valence-electron chi connectivity index (χ2n) is 27.0. The molecule has 114 heavy (non-hydrogen) atoms. The van der Waals surface area contributed by atoms with Crippen LogP contribution in [0.5, 0.6) is 0 Å². The van der Waals surface area contributed by atoms with Gasteiger partial charge in [-0.3, -0.25) is 116 Å². The molecule has 12 heterocycles. The number of nitrogens with zero attached hydrogens (tertiary/aromatic N) is 6. The van der Waals surface area contributed by atoms with Gasteiger partial charge < -0.3 is 80.3 Å². The molecule has 6 aliphatic heterocycles. The van der Waals surface area contributed by atoms with Gasteiger partial charge in [-0.05, 0) is 39.0 Å². The van der Waals surface area contributed by atoms with Crippen molar-refractivity contribution in [2.24, 2.45) is 0 Å². The summed E-state index contributed by atoms with van der Waals surface area (Å²) in [6.07, 6.45) is -23.5. The minimum atomic E-state index is -5.67. The number of aromatic amines is 3. The van der Waals surface area contributed by atoms with Crippen molar-refractivity contribution in [1.29, 1.82) is 0 Å². The fourth-order valence-electron chi connectivity index (χ4n) is 13.2. The molecule has 0 radical (unpaired) electrons. The van der Waals surface area contributed by atoms with E-state index in [9.17, 15) is 101 Å². The molecule has 0 saturated carbocycles. The summed E-state index contributed by atoms with van der Waals surface area (Å²) in [5.74, 6) is 0. The molecule has 0 amide bonds. The zero-order valence-electron chi connectivity index (χ0n) is 59.8. The van der Waals surface area contributed by atoms with E-state index in [0.29, 0.717) is 0 Å². The monoisotopic (exact) mass is 1710 g/mol. The lowest BCUT2D eigenvalue weighted by atomic mass is 10.2. The average Bonchev–Trinajstić information content (AvgIpc) is 1.66. The van der Waals surface area contributed by atoms with E-state index in [2.05, 4.69) is 15.0 Å². The number of nitrogens with one attached hydrogen (secondary N) is 3. The molecule has 0 aliphatic carbocycles. The number of anilines is 3. The van der Waals surface area contributed by atoms with Crippen LogP contribution in [0, 0.1) is 20.8 Å². The highest BCUT2D eigenvalue weighted by Gasteiger charge is 2.51. The summed E-state index contributed by atoms with van der Waals surface area (Å²) < 4.78 is 165. The first-order valence-electron chi connectivity index (χ1n) is 34.5. The molecule has 0 spiro atoms. The molecule has 23 atom stereocenters. The number of nitrogen functional groups attached to an aromatic ring is 3. The summed E-state index contributed by atoms with van der Waals surface area (Å²) in [6.45, 7) is -2.10. The van der Waals surface area contributed by atoms with Crippen LogP contribution in [-0.2, 0) is 96.5 Å². The van der Waals surface area contributed by atoms with E-state index in [4.69, 9.17) is 90.9 Å². The highest BCUT2D eigenvalue weighted by Crippen LogP contribution is 2.56. The quantitative estimate of drug-likeness (QED) is 0.0213. The van der Waals surface area contributed by atoms with Gasteiger partial charge in [-0.25, -0.2) is 37.2 Å². The zero-order valence-corrected chi connectivity index (χ0v) is 64.3. The number of hydrogen-bond acceptors (Lipinski definition) is 35. The van der Waals surface area contributed by atoms with Crippen LogP contribution >= 0.6 is 39.1 Å². The van der Waals surface area contributed by atoms with Crippen LogP contribution < -0.4 is 67.6 Å². The minimum Gasteiger partial charge on any atom is -0.399 e. The summed E-state index contributed by atoms with van der Waals surface area (Å²) in [5, 5.41) is 20.9. The molecular formula is C60H79N12O37P5. The van der Waals surface area contributed by atoms with E-state index in [0.717, 1.165) is 64.2 Å². The summed E-state index contributed by atoms with van der Waals surface area (Å²) >= 11 is 0. The fourth-order valence-corrected chi connectivity index (χ4v) is 18.0. The lowest BCUT2D eigenvalue weighted by Gasteiger charge is -2.26. The number of aliphatic hydroxyl groups is 2. The first kappa shape index (κ1) is 85.9. The summed E-state index contributed by atoms with van der Waals surface area (Å²) in [7, 11) is -27.5. The van der Waals surface area contributed by atoms with Crippen molar-refractivity contribution >= 4 is 56.2 Å².